The molecule has 2 aromatic rings. The molecule has 34 heavy (non-hydrogen) atoms. The Morgan fingerprint density at radius 1 is 1.09 bits per heavy atom. The third kappa shape index (κ3) is 3.66. The lowest BCUT2D eigenvalue weighted by atomic mass is 9.69. The summed E-state index contributed by atoms with van der Waals surface area (Å²) >= 11 is 0. The van der Waals surface area contributed by atoms with Crippen LogP contribution in [0.5, 0.6) is 0 Å². The van der Waals surface area contributed by atoms with Crippen LogP contribution in [0, 0.1) is 5.41 Å². The van der Waals surface area contributed by atoms with Crippen molar-refractivity contribution in [2.75, 3.05) is 0 Å². The predicted molar refractivity (Wildman–Crippen MR) is 132 cm³/mol. The first-order valence-electron chi connectivity index (χ1n) is 12.8. The molecule has 2 bridgehead atoms. The van der Waals surface area contributed by atoms with Crippen LogP contribution in [0.4, 0.5) is 0 Å². The van der Waals surface area contributed by atoms with E-state index in [2.05, 4.69) is 72.0 Å². The molecule has 0 spiro atoms. The molecule has 1 aromatic carbocycles. The number of amides is 2. The topological polar surface area (TPSA) is 69.3 Å². The van der Waals surface area contributed by atoms with Gasteiger partial charge in [-0.25, -0.2) is 0 Å². The third-order valence-electron chi connectivity index (χ3n) is 8.70. The summed E-state index contributed by atoms with van der Waals surface area (Å²) in [5.74, 6) is 0.140. The molecule has 5 rings (SSSR count). The monoisotopic (exact) mass is 462 g/mol. The number of carbonyl (C=O) groups is 2. The van der Waals surface area contributed by atoms with Crippen LogP contribution in [-0.4, -0.2) is 56.0 Å². The maximum absolute atomic E-state index is 14.2. The summed E-state index contributed by atoms with van der Waals surface area (Å²) in [6.07, 6.45) is 5.92. The lowest BCUT2D eigenvalue weighted by Gasteiger charge is -2.50. The van der Waals surface area contributed by atoms with Gasteiger partial charge in [-0.05, 0) is 37.3 Å². The van der Waals surface area contributed by atoms with Crippen LogP contribution in [-0.2, 0) is 16.6 Å². The van der Waals surface area contributed by atoms with E-state index >= 15 is 0 Å². The van der Waals surface area contributed by atoms with Gasteiger partial charge in [-0.2, -0.15) is 5.10 Å². The highest BCUT2D eigenvalue weighted by Crippen LogP contribution is 2.55. The minimum atomic E-state index is -0.110. The van der Waals surface area contributed by atoms with Gasteiger partial charge >= 0.3 is 0 Å². The lowest BCUT2D eigenvalue weighted by Crippen LogP contribution is -2.62. The molecule has 1 aromatic heterocycles. The molecule has 5 atom stereocenters. The van der Waals surface area contributed by atoms with E-state index in [9.17, 15) is 9.59 Å². The Bertz CT molecular complexity index is 1070. The zero-order chi connectivity index (χ0) is 24.3. The Kier molecular flexibility index (Phi) is 5.61. The average Bonchev–Trinajstić information content (AvgIpc) is 3.34. The van der Waals surface area contributed by atoms with Crippen LogP contribution >= 0.6 is 0 Å². The first-order valence-corrected chi connectivity index (χ1v) is 12.8. The van der Waals surface area contributed by atoms with Gasteiger partial charge in [0.1, 0.15) is 5.69 Å². The van der Waals surface area contributed by atoms with Crippen LogP contribution in [0.25, 0.3) is 0 Å². The molecule has 1 aliphatic carbocycles. The molecule has 1 N–H and O–H groups in total. The Labute approximate surface area is 203 Å². The van der Waals surface area contributed by atoms with Crippen molar-refractivity contribution in [1.29, 1.82) is 0 Å². The van der Waals surface area contributed by atoms with E-state index in [1.807, 2.05) is 12.1 Å². The quantitative estimate of drug-likeness (QED) is 0.718. The summed E-state index contributed by atoms with van der Waals surface area (Å²) in [4.78, 5) is 31.6. The van der Waals surface area contributed by atoms with Gasteiger partial charge in [0.05, 0.1) is 12.1 Å². The first kappa shape index (κ1) is 23.1. The molecule has 3 heterocycles. The van der Waals surface area contributed by atoms with Crippen molar-refractivity contribution < 1.29 is 9.59 Å². The van der Waals surface area contributed by atoms with Gasteiger partial charge in [0.25, 0.3) is 5.91 Å². The minimum Gasteiger partial charge on any atom is -0.334 e. The fraction of sp³-hybridized carbons (Fsp3) is 0.607. The summed E-state index contributed by atoms with van der Waals surface area (Å²) in [7, 11) is 0. The lowest BCUT2D eigenvalue weighted by molar-refractivity contribution is -0.133. The summed E-state index contributed by atoms with van der Waals surface area (Å²) in [6, 6.07) is 12.6. The second-order valence-corrected chi connectivity index (χ2v) is 11.9. The number of fused-ring (bicyclic) bond motifs is 1. The van der Waals surface area contributed by atoms with Crippen LogP contribution in [0.15, 0.2) is 36.4 Å². The molecular formula is C28H38N4O2. The highest BCUT2D eigenvalue weighted by atomic mass is 16.2. The average molecular weight is 463 g/mol. The Morgan fingerprint density at radius 3 is 2.32 bits per heavy atom. The summed E-state index contributed by atoms with van der Waals surface area (Å²) in [5, 5.41) is 7.59. The van der Waals surface area contributed by atoms with Gasteiger partial charge in [0.2, 0.25) is 5.91 Å². The van der Waals surface area contributed by atoms with E-state index in [0.717, 1.165) is 44.2 Å². The highest BCUT2D eigenvalue weighted by molar-refractivity contribution is 5.93. The summed E-state index contributed by atoms with van der Waals surface area (Å²) in [6.45, 7) is 10.4. The maximum Gasteiger partial charge on any atom is 0.274 e. The van der Waals surface area contributed by atoms with E-state index in [1.54, 1.807) is 6.92 Å². The molecule has 6 heteroatoms. The van der Waals surface area contributed by atoms with Crippen molar-refractivity contribution in [3.63, 3.8) is 0 Å². The molecular weight excluding hydrogens is 424 g/mol. The van der Waals surface area contributed by atoms with Gasteiger partial charge in [-0.1, -0.05) is 70.9 Å². The number of nitrogens with zero attached hydrogens (tertiary/aromatic N) is 3. The molecule has 0 radical (unpaired) electrons. The van der Waals surface area contributed by atoms with Crippen molar-refractivity contribution in [2.45, 2.75) is 103 Å². The van der Waals surface area contributed by atoms with E-state index < -0.39 is 0 Å². The molecule has 6 nitrogen and oxygen atoms in total. The fourth-order valence-electron chi connectivity index (χ4n) is 7.04. The van der Waals surface area contributed by atoms with Gasteiger partial charge in [-0.15, -0.1) is 0 Å². The van der Waals surface area contributed by atoms with Gasteiger partial charge in [0.15, 0.2) is 0 Å². The summed E-state index contributed by atoms with van der Waals surface area (Å²) < 4.78 is 0. The SMILES string of the molecule is CC(=O)N1[C@H]2CCCC[C@H]3N(C(=O)c4cc(C(C)(C)C)[nH]n4)[C@H](Cc4ccccc4)[C@@H]1C[C@@]23C. The van der Waals surface area contributed by atoms with Crippen molar-refractivity contribution in [2.24, 2.45) is 5.41 Å². The zero-order valence-corrected chi connectivity index (χ0v) is 21.2. The normalized spacial score (nSPS) is 30.9. The number of carbonyl (C=O) groups excluding carboxylic acids is 2. The van der Waals surface area contributed by atoms with Gasteiger partial charge < -0.3 is 9.80 Å². The molecule has 182 valence electrons. The van der Waals surface area contributed by atoms with Crippen LogP contribution in [0.2, 0.25) is 0 Å². The van der Waals surface area contributed by atoms with E-state index in [4.69, 9.17) is 0 Å². The van der Waals surface area contributed by atoms with Gasteiger partial charge in [-0.3, -0.25) is 14.7 Å². The molecule has 2 saturated heterocycles. The number of nitrogens with one attached hydrogen (secondary N) is 1. The largest absolute Gasteiger partial charge is 0.334 e. The maximum atomic E-state index is 14.2. The Hall–Kier alpha value is -2.63. The number of rotatable bonds is 3. The van der Waals surface area contributed by atoms with Crippen molar-refractivity contribution in [1.82, 2.24) is 20.0 Å². The Morgan fingerprint density at radius 2 is 1.74 bits per heavy atom. The van der Waals surface area contributed by atoms with Crippen LogP contribution in [0.3, 0.4) is 0 Å². The minimum absolute atomic E-state index is 0.000317. The fourth-order valence-corrected chi connectivity index (χ4v) is 7.04. The number of aromatic nitrogens is 2. The number of hydrogen-bond acceptors (Lipinski definition) is 3. The van der Waals surface area contributed by atoms with Crippen LogP contribution < -0.4 is 0 Å². The number of piperidine rings is 1. The highest BCUT2D eigenvalue weighted by Gasteiger charge is 2.63. The van der Waals surface area contributed by atoms with E-state index in [-0.39, 0.29) is 46.8 Å². The van der Waals surface area contributed by atoms with Gasteiger partial charge in [0, 0.05) is 35.5 Å². The number of hydrogen-bond donors (Lipinski definition) is 1. The smallest absolute Gasteiger partial charge is 0.274 e. The molecule has 2 aliphatic heterocycles. The first-order chi connectivity index (χ1) is 16.1. The zero-order valence-electron chi connectivity index (χ0n) is 21.2. The standard InChI is InChI=1S/C28H38N4O2/c1-18(33)31-22-17-28(5)24(31)13-9-10-14-25(28)32(21(22)15-19-11-7-6-8-12-19)26(34)20-16-23(30-29-20)27(2,3)4/h6-8,11-12,16,21-22,24-25H,9-10,13-15,17H2,1-5H3,(H,29,30)/t21-,22+,24+,25-,28+/m1/s1. The number of likely N-dealkylation sites (tertiary alicyclic amines) is 2. The van der Waals surface area contributed by atoms with Crippen LogP contribution in [0.1, 0.15) is 88.5 Å². The summed E-state index contributed by atoms with van der Waals surface area (Å²) in [5.41, 5.74) is 2.46. The second-order valence-electron chi connectivity index (χ2n) is 11.9. The second kappa shape index (κ2) is 8.24. The van der Waals surface area contributed by atoms with Crippen molar-refractivity contribution in [3.8, 4) is 0 Å². The van der Waals surface area contributed by atoms with Crippen molar-refractivity contribution >= 4 is 11.8 Å². The van der Waals surface area contributed by atoms with Crippen molar-refractivity contribution in [3.05, 3.63) is 53.3 Å². The van der Waals surface area contributed by atoms with E-state index in [0.29, 0.717) is 5.69 Å². The molecule has 0 unspecified atom stereocenters. The molecule has 2 amide bonds. The Balaban J connectivity index is 1.61. The predicted octanol–water partition coefficient (Wildman–Crippen LogP) is 4.71. The molecule has 3 fully saturated rings. The third-order valence-corrected chi connectivity index (χ3v) is 8.70. The number of aromatic amines is 1. The molecule has 3 aliphatic rings. The molecule has 1 saturated carbocycles. The van der Waals surface area contributed by atoms with E-state index in [1.165, 1.54) is 5.56 Å². The number of benzene rings is 1. The number of H-pyrrole nitrogens is 1.